The number of H-pyrrole nitrogens is 1. The van der Waals surface area contributed by atoms with E-state index in [0.29, 0.717) is 5.02 Å². The molecule has 0 saturated heterocycles. The Morgan fingerprint density at radius 3 is 2.44 bits per heavy atom. The first kappa shape index (κ1) is 21.9. The maximum absolute atomic E-state index is 13.1. The summed E-state index contributed by atoms with van der Waals surface area (Å²) in [6.45, 7) is 2.02. The topological polar surface area (TPSA) is 70.2 Å². The van der Waals surface area contributed by atoms with Crippen LogP contribution in [0.2, 0.25) is 5.02 Å². The quantitative estimate of drug-likeness (QED) is 0.361. The van der Waals surface area contributed by atoms with Gasteiger partial charge >= 0.3 is 5.97 Å². The zero-order valence-electron chi connectivity index (χ0n) is 18.7. The Labute approximate surface area is 202 Å². The van der Waals surface area contributed by atoms with Crippen molar-refractivity contribution in [1.29, 1.82) is 0 Å². The number of nitrogens with one attached hydrogen (secondary N) is 1. The van der Waals surface area contributed by atoms with Gasteiger partial charge in [0.2, 0.25) is 5.84 Å². The largest absolute Gasteiger partial charge is 0.497 e. The molecule has 1 N–H and O–H groups in total. The highest BCUT2D eigenvalue weighted by Gasteiger charge is 2.42. The predicted molar refractivity (Wildman–Crippen MR) is 135 cm³/mol. The van der Waals surface area contributed by atoms with E-state index in [2.05, 4.69) is 11.1 Å². The van der Waals surface area contributed by atoms with Crippen LogP contribution in [0.1, 0.15) is 18.7 Å². The van der Waals surface area contributed by atoms with Gasteiger partial charge in [-0.2, -0.15) is 0 Å². The van der Waals surface area contributed by atoms with Crippen LogP contribution >= 0.6 is 11.6 Å². The van der Waals surface area contributed by atoms with E-state index in [1.54, 1.807) is 26.2 Å². The lowest BCUT2D eigenvalue weighted by molar-refractivity contribution is -0.135. The van der Waals surface area contributed by atoms with Crippen LogP contribution in [0.25, 0.3) is 10.9 Å². The van der Waals surface area contributed by atoms with Crippen molar-refractivity contribution >= 4 is 45.7 Å². The van der Waals surface area contributed by atoms with Gasteiger partial charge in [0.05, 0.1) is 19.4 Å². The molecule has 0 unspecified atom stereocenters. The lowest BCUT2D eigenvalue weighted by Gasteiger charge is -2.31. The Morgan fingerprint density at radius 2 is 1.74 bits per heavy atom. The molecule has 2 heterocycles. The highest BCUT2D eigenvalue weighted by Crippen LogP contribution is 2.42. The minimum Gasteiger partial charge on any atom is -0.497 e. The highest BCUT2D eigenvalue weighted by molar-refractivity contribution is 6.42. The van der Waals surface area contributed by atoms with Gasteiger partial charge in [-0.3, -0.25) is 4.90 Å². The number of carbonyl (C=O) groups excluding carboxylic acids is 1. The van der Waals surface area contributed by atoms with Gasteiger partial charge in [-0.1, -0.05) is 29.8 Å². The summed E-state index contributed by atoms with van der Waals surface area (Å²) in [6.07, 6.45) is 1.50. The number of amidine groups is 1. The second-order valence-electron chi connectivity index (χ2n) is 7.70. The summed E-state index contributed by atoms with van der Waals surface area (Å²) in [4.78, 5) is 18.3. The normalized spacial score (nSPS) is 15.5. The molecule has 0 bridgehead atoms. The third kappa shape index (κ3) is 3.84. The molecule has 5 rings (SSSR count). The maximum atomic E-state index is 13.1. The zero-order valence-corrected chi connectivity index (χ0v) is 19.5. The molecular weight excluding hydrogens is 452 g/mol. The number of hydrazone groups is 1. The molecule has 1 aliphatic rings. The minimum atomic E-state index is -0.500. The SMILES string of the molecule is CCOC(=O)C1=NN(c2ccc(Cl)cc2)[C@H](c2c[nH]c3ccccc23)N1c1ccc(OC)cc1. The number of ether oxygens (including phenoxy) is 2. The average Bonchev–Trinajstić information content (AvgIpc) is 3.46. The molecule has 1 atom stereocenters. The molecule has 0 fully saturated rings. The molecule has 1 aromatic heterocycles. The molecule has 3 aromatic carbocycles. The third-order valence-corrected chi connectivity index (χ3v) is 5.96. The highest BCUT2D eigenvalue weighted by atomic mass is 35.5. The number of carbonyl (C=O) groups is 1. The Balaban J connectivity index is 1.71. The molecule has 34 heavy (non-hydrogen) atoms. The summed E-state index contributed by atoms with van der Waals surface area (Å²) in [5, 5.41) is 8.24. The summed E-state index contributed by atoms with van der Waals surface area (Å²) >= 11 is 6.15. The van der Waals surface area contributed by atoms with Crippen molar-refractivity contribution in [2.24, 2.45) is 5.10 Å². The van der Waals surface area contributed by atoms with E-state index < -0.39 is 12.1 Å². The number of para-hydroxylation sites is 1. The van der Waals surface area contributed by atoms with E-state index in [4.69, 9.17) is 26.2 Å². The first-order valence-corrected chi connectivity index (χ1v) is 11.3. The molecule has 0 spiro atoms. The van der Waals surface area contributed by atoms with Gasteiger partial charge in [0, 0.05) is 33.4 Å². The van der Waals surface area contributed by atoms with Crippen molar-refractivity contribution in [2.45, 2.75) is 13.1 Å². The molecule has 1 aliphatic heterocycles. The van der Waals surface area contributed by atoms with Crippen LogP contribution in [-0.4, -0.2) is 30.5 Å². The summed E-state index contributed by atoms with van der Waals surface area (Å²) < 4.78 is 10.7. The third-order valence-electron chi connectivity index (χ3n) is 5.71. The Hall–Kier alpha value is -3.97. The lowest BCUT2D eigenvalue weighted by atomic mass is 10.1. The van der Waals surface area contributed by atoms with Gasteiger partial charge in [-0.25, -0.2) is 9.80 Å². The van der Waals surface area contributed by atoms with Crippen LogP contribution in [0.15, 0.2) is 84.1 Å². The van der Waals surface area contributed by atoms with Crippen LogP contribution in [0.3, 0.4) is 0 Å². The van der Waals surface area contributed by atoms with Crippen molar-refractivity contribution in [1.82, 2.24) is 4.98 Å². The number of esters is 1. The number of hydrogen-bond donors (Lipinski definition) is 1. The Bertz CT molecular complexity index is 1350. The van der Waals surface area contributed by atoms with Crippen molar-refractivity contribution < 1.29 is 14.3 Å². The Morgan fingerprint density at radius 1 is 1.03 bits per heavy atom. The van der Waals surface area contributed by atoms with Crippen LogP contribution in [-0.2, 0) is 9.53 Å². The van der Waals surface area contributed by atoms with Gasteiger partial charge in [0.25, 0.3) is 0 Å². The van der Waals surface area contributed by atoms with E-state index in [1.165, 1.54) is 0 Å². The molecule has 0 saturated carbocycles. The fourth-order valence-corrected chi connectivity index (χ4v) is 4.27. The van der Waals surface area contributed by atoms with E-state index in [9.17, 15) is 4.79 Å². The molecule has 0 amide bonds. The summed E-state index contributed by atoms with van der Waals surface area (Å²) in [5.41, 5.74) is 3.52. The van der Waals surface area contributed by atoms with Crippen LogP contribution in [0.5, 0.6) is 5.75 Å². The van der Waals surface area contributed by atoms with Crippen LogP contribution < -0.4 is 14.6 Å². The number of anilines is 2. The number of rotatable bonds is 6. The van der Waals surface area contributed by atoms with Crippen molar-refractivity contribution in [3.8, 4) is 5.75 Å². The van der Waals surface area contributed by atoms with E-state index >= 15 is 0 Å². The number of aromatic nitrogens is 1. The smallest absolute Gasteiger partial charge is 0.376 e. The molecule has 0 aliphatic carbocycles. The zero-order chi connectivity index (χ0) is 23.7. The number of halogens is 1. The van der Waals surface area contributed by atoms with Gasteiger partial charge in [-0.15, -0.1) is 5.10 Å². The average molecular weight is 475 g/mol. The lowest BCUT2D eigenvalue weighted by Crippen LogP contribution is -2.39. The standard InChI is InChI=1S/C26H23ClN4O3/c1-3-34-26(32)24-29-31(19-10-8-17(27)9-11-19)25(22-16-28-23-7-5-4-6-21(22)23)30(24)18-12-14-20(33-2)15-13-18/h4-16,25,28H,3H2,1-2H3/t25-/m1/s1. The van der Waals surface area contributed by atoms with Crippen LogP contribution in [0.4, 0.5) is 11.4 Å². The molecule has 4 aromatic rings. The first-order chi connectivity index (χ1) is 16.6. The Kier molecular flexibility index (Phi) is 5.86. The van der Waals surface area contributed by atoms with E-state index in [1.807, 2.05) is 70.7 Å². The minimum absolute atomic E-state index is 0.192. The van der Waals surface area contributed by atoms with Gasteiger partial charge < -0.3 is 14.5 Å². The number of benzene rings is 3. The molecule has 172 valence electrons. The van der Waals surface area contributed by atoms with Crippen molar-refractivity contribution in [3.05, 3.63) is 89.6 Å². The second kappa shape index (κ2) is 9.11. The van der Waals surface area contributed by atoms with Crippen LogP contribution in [0, 0.1) is 0 Å². The fraction of sp³-hybridized carbons (Fsp3) is 0.154. The number of nitrogens with zero attached hydrogens (tertiary/aromatic N) is 3. The number of hydrogen-bond acceptors (Lipinski definition) is 6. The predicted octanol–water partition coefficient (Wildman–Crippen LogP) is 5.73. The van der Waals surface area contributed by atoms with Gasteiger partial charge in [-0.05, 0) is 61.5 Å². The maximum Gasteiger partial charge on any atom is 0.376 e. The number of methoxy groups -OCH3 is 1. The van der Waals surface area contributed by atoms with Gasteiger partial charge in [0.1, 0.15) is 5.75 Å². The monoisotopic (exact) mass is 474 g/mol. The second-order valence-corrected chi connectivity index (χ2v) is 8.13. The van der Waals surface area contributed by atoms with E-state index in [-0.39, 0.29) is 12.4 Å². The molecular formula is C26H23ClN4O3. The molecule has 8 heteroatoms. The van der Waals surface area contributed by atoms with Crippen molar-refractivity contribution in [2.75, 3.05) is 23.6 Å². The molecule has 7 nitrogen and oxygen atoms in total. The van der Waals surface area contributed by atoms with Gasteiger partial charge in [0.15, 0.2) is 6.17 Å². The number of fused-ring (bicyclic) bond motifs is 1. The number of aromatic amines is 1. The molecule has 0 radical (unpaired) electrons. The van der Waals surface area contributed by atoms with E-state index in [0.717, 1.165) is 33.6 Å². The fourth-order valence-electron chi connectivity index (χ4n) is 4.14. The summed E-state index contributed by atoms with van der Waals surface area (Å²) in [6, 6.07) is 22.9. The first-order valence-electron chi connectivity index (χ1n) is 10.9. The summed E-state index contributed by atoms with van der Waals surface area (Å²) in [5.74, 6) is 0.410. The van der Waals surface area contributed by atoms with Crippen molar-refractivity contribution in [3.63, 3.8) is 0 Å². The summed E-state index contributed by atoms with van der Waals surface area (Å²) in [7, 11) is 1.62.